The molecule has 0 amide bonds. The lowest BCUT2D eigenvalue weighted by Gasteiger charge is -2.58. The van der Waals surface area contributed by atoms with E-state index in [-0.39, 0.29) is 29.1 Å². The number of halogens is 1. The second kappa shape index (κ2) is 14.8. The molecule has 4 aliphatic carbocycles. The molecule has 3 fully saturated rings. The number of alkyl halides is 1. The van der Waals surface area contributed by atoms with Gasteiger partial charge in [0, 0.05) is 25.1 Å². The smallest absolute Gasteiger partial charge is 0.151 e. The summed E-state index contributed by atoms with van der Waals surface area (Å²) >= 11 is 0. The fraction of sp³-hybridized carbons (Fsp3) is 0.800. The quantitative estimate of drug-likeness (QED) is 0.180. The summed E-state index contributed by atoms with van der Waals surface area (Å²) in [6.45, 7) is 14.6. The van der Waals surface area contributed by atoms with E-state index < -0.39 is 12.2 Å². The molecule has 0 aromatic carbocycles. The molecule has 234 valence electrons. The van der Waals surface area contributed by atoms with Crippen molar-refractivity contribution in [1.82, 2.24) is 5.01 Å². The van der Waals surface area contributed by atoms with Gasteiger partial charge in [0.2, 0.25) is 0 Å². The van der Waals surface area contributed by atoms with Gasteiger partial charge in [-0.2, -0.15) is 0 Å². The van der Waals surface area contributed by atoms with Crippen LogP contribution < -0.4 is 11.6 Å². The molecular weight excluding hydrogens is 513 g/mol. The maximum Gasteiger partial charge on any atom is 0.151 e. The van der Waals surface area contributed by atoms with Gasteiger partial charge in [0.25, 0.3) is 0 Å². The second-order valence-corrected chi connectivity index (χ2v) is 13.7. The summed E-state index contributed by atoms with van der Waals surface area (Å²) in [5, 5.41) is 1.54. The SMILES string of the molecule is CC.CCC1(C)C(C(=O)CN(N)C2C=CC(F)C=CCC(N)=C2)CCC1C1CCC2CC(C)CCC2(COC)C1C. The minimum Gasteiger partial charge on any atom is -0.402 e. The molecule has 41 heavy (non-hydrogen) atoms. The van der Waals surface area contributed by atoms with Crippen LogP contribution in [0.1, 0.15) is 99.3 Å². The number of Topliss-reactive ketones (excluding diaryl/α,β-unsaturated/α-hetero) is 1. The lowest BCUT2D eigenvalue weighted by Crippen LogP contribution is -2.53. The summed E-state index contributed by atoms with van der Waals surface area (Å²) in [7, 11) is 1.87. The Hall–Kier alpha value is -1.50. The lowest BCUT2D eigenvalue weighted by atomic mass is 9.48. The van der Waals surface area contributed by atoms with Gasteiger partial charge < -0.3 is 10.5 Å². The van der Waals surface area contributed by atoms with Crippen LogP contribution in [-0.2, 0) is 9.53 Å². The molecule has 0 aromatic rings. The first-order valence-electron chi connectivity index (χ1n) is 16.5. The number of nitrogens with zero attached hydrogens (tertiary/aromatic N) is 1. The average Bonchev–Trinajstić information content (AvgIpc) is 3.33. The molecule has 0 aromatic heterocycles. The predicted octanol–water partition coefficient (Wildman–Crippen LogP) is 7.38. The Kier molecular flexibility index (Phi) is 12.3. The normalized spacial score (nSPS) is 41.0. The van der Waals surface area contributed by atoms with E-state index in [0.29, 0.717) is 29.9 Å². The van der Waals surface area contributed by atoms with Crippen LogP contribution >= 0.6 is 0 Å². The third-order valence-corrected chi connectivity index (χ3v) is 11.8. The first-order chi connectivity index (χ1) is 19.6. The standard InChI is InChI=1S/C33H54FN3O2.C2H6/c1-6-32(4)29(28-13-10-24-18-22(2)16-17-33(24,21-39-5)23(28)3)14-15-30(32)31(38)20-37(36)27-12-11-25(34)8-7-9-26(35)19-27;1-2/h7-8,11-12,19,22-25,27-30H,6,9-10,13-18,20-21,35-36H2,1-5H3;1-2H3. The number of fused-ring (bicyclic) bond motifs is 1. The van der Waals surface area contributed by atoms with Crippen LogP contribution in [0.4, 0.5) is 4.39 Å². The molecule has 4 N–H and O–H groups in total. The van der Waals surface area contributed by atoms with Gasteiger partial charge >= 0.3 is 0 Å². The van der Waals surface area contributed by atoms with Crippen molar-refractivity contribution < 1.29 is 13.9 Å². The van der Waals surface area contributed by atoms with Crippen LogP contribution in [0.15, 0.2) is 36.1 Å². The number of ketones is 1. The molecule has 0 saturated heterocycles. The maximum absolute atomic E-state index is 14.1. The van der Waals surface area contributed by atoms with Gasteiger partial charge in [-0.05, 0) is 97.5 Å². The van der Waals surface area contributed by atoms with E-state index >= 15 is 0 Å². The molecule has 4 rings (SSSR count). The van der Waals surface area contributed by atoms with Crippen molar-refractivity contribution in [3.05, 3.63) is 36.1 Å². The van der Waals surface area contributed by atoms with Gasteiger partial charge in [-0.15, -0.1) is 0 Å². The number of methoxy groups -OCH3 is 1. The summed E-state index contributed by atoms with van der Waals surface area (Å²) in [4.78, 5) is 13.9. The Balaban J connectivity index is 0.00000226. The third-order valence-electron chi connectivity index (χ3n) is 11.8. The number of hydrazine groups is 1. The first-order valence-corrected chi connectivity index (χ1v) is 16.5. The molecule has 0 bridgehead atoms. The molecule has 10 unspecified atom stereocenters. The van der Waals surface area contributed by atoms with Crippen molar-refractivity contribution in [2.24, 2.45) is 57.9 Å². The number of nitrogens with two attached hydrogens (primary N) is 2. The molecule has 5 nitrogen and oxygen atoms in total. The Bertz CT molecular complexity index is 950. The highest BCUT2D eigenvalue weighted by Crippen LogP contribution is 2.63. The molecule has 4 aliphatic rings. The number of rotatable bonds is 8. The van der Waals surface area contributed by atoms with Crippen molar-refractivity contribution in [1.29, 1.82) is 0 Å². The van der Waals surface area contributed by atoms with Gasteiger partial charge in [-0.1, -0.05) is 66.2 Å². The largest absolute Gasteiger partial charge is 0.402 e. The fourth-order valence-corrected chi connectivity index (χ4v) is 9.34. The number of hydrogen-bond acceptors (Lipinski definition) is 5. The van der Waals surface area contributed by atoms with Gasteiger partial charge in [0.1, 0.15) is 6.17 Å². The molecule has 3 saturated carbocycles. The van der Waals surface area contributed by atoms with Crippen molar-refractivity contribution in [3.8, 4) is 0 Å². The number of hydrogen-bond donors (Lipinski definition) is 2. The zero-order chi connectivity index (χ0) is 30.4. The number of ether oxygens (including phenoxy) is 1. The van der Waals surface area contributed by atoms with Gasteiger partial charge in [0.05, 0.1) is 19.2 Å². The van der Waals surface area contributed by atoms with E-state index in [0.717, 1.165) is 37.7 Å². The topological polar surface area (TPSA) is 81.6 Å². The van der Waals surface area contributed by atoms with Crippen LogP contribution in [0.5, 0.6) is 0 Å². The van der Waals surface area contributed by atoms with Gasteiger partial charge in [-0.25, -0.2) is 9.40 Å². The highest BCUT2D eigenvalue weighted by molar-refractivity contribution is 5.84. The summed E-state index contributed by atoms with van der Waals surface area (Å²) in [5.41, 5.74) is 7.00. The van der Waals surface area contributed by atoms with E-state index in [2.05, 4.69) is 27.7 Å². The highest BCUT2D eigenvalue weighted by Gasteiger charge is 2.58. The predicted molar refractivity (Wildman–Crippen MR) is 168 cm³/mol. The van der Waals surface area contributed by atoms with Crippen molar-refractivity contribution in [3.63, 3.8) is 0 Å². The van der Waals surface area contributed by atoms with E-state index in [9.17, 15) is 9.18 Å². The minimum atomic E-state index is -1.18. The number of carbonyl (C=O) groups is 1. The number of carbonyl (C=O) groups excluding carboxylic acids is 1. The monoisotopic (exact) mass is 573 g/mol. The minimum absolute atomic E-state index is 0.00884. The second-order valence-electron chi connectivity index (χ2n) is 13.7. The third kappa shape index (κ3) is 7.18. The fourth-order valence-electron chi connectivity index (χ4n) is 9.34. The van der Waals surface area contributed by atoms with Crippen molar-refractivity contribution >= 4 is 5.78 Å². The molecule has 0 radical (unpaired) electrons. The molecule has 0 aliphatic heterocycles. The molecule has 6 heteroatoms. The summed E-state index contributed by atoms with van der Waals surface area (Å²) < 4.78 is 20.0. The van der Waals surface area contributed by atoms with E-state index in [1.165, 1.54) is 49.3 Å². The van der Waals surface area contributed by atoms with Gasteiger partial charge in [0.15, 0.2) is 5.78 Å². The zero-order valence-corrected chi connectivity index (χ0v) is 27.1. The van der Waals surface area contributed by atoms with E-state index in [1.807, 2.05) is 27.0 Å². The lowest BCUT2D eigenvalue weighted by molar-refractivity contribution is -0.133. The molecule has 0 spiro atoms. The van der Waals surface area contributed by atoms with E-state index in [4.69, 9.17) is 16.3 Å². The van der Waals surface area contributed by atoms with Crippen molar-refractivity contribution in [2.75, 3.05) is 20.3 Å². The number of allylic oxidation sites excluding steroid dienone is 3. The van der Waals surface area contributed by atoms with Crippen molar-refractivity contribution in [2.45, 2.75) is 112 Å². The molecule has 10 atom stereocenters. The molecular formula is C35H60FN3O2. The van der Waals surface area contributed by atoms with Crippen LogP contribution in [0, 0.1) is 46.3 Å². The average molecular weight is 574 g/mol. The Morgan fingerprint density at radius 3 is 2.54 bits per heavy atom. The summed E-state index contributed by atoms with van der Waals surface area (Å²) in [5.74, 6) is 9.98. The molecule has 0 heterocycles. The summed E-state index contributed by atoms with van der Waals surface area (Å²) in [6.07, 6.45) is 17.1. The van der Waals surface area contributed by atoms with Crippen LogP contribution in [0.3, 0.4) is 0 Å². The van der Waals surface area contributed by atoms with Crippen LogP contribution in [-0.4, -0.2) is 43.3 Å². The van der Waals surface area contributed by atoms with Crippen LogP contribution in [0.25, 0.3) is 0 Å². The summed E-state index contributed by atoms with van der Waals surface area (Å²) in [6, 6.07) is -0.407. The van der Waals surface area contributed by atoms with Gasteiger partial charge in [-0.3, -0.25) is 10.6 Å². The Morgan fingerprint density at radius 2 is 1.85 bits per heavy atom. The first kappa shape index (κ1) is 34.0. The highest BCUT2D eigenvalue weighted by atomic mass is 19.1. The van der Waals surface area contributed by atoms with E-state index in [1.54, 1.807) is 12.2 Å². The Morgan fingerprint density at radius 1 is 1.12 bits per heavy atom. The van der Waals surface area contributed by atoms with Crippen LogP contribution in [0.2, 0.25) is 0 Å². The maximum atomic E-state index is 14.1. The Labute approximate surface area is 250 Å². The zero-order valence-electron chi connectivity index (χ0n) is 27.1.